The molecule has 0 aliphatic carbocycles. The topological polar surface area (TPSA) is 82.9 Å². The first kappa shape index (κ1) is 20.5. The van der Waals surface area contributed by atoms with Crippen LogP contribution in [0.4, 0.5) is 0 Å². The van der Waals surface area contributed by atoms with Gasteiger partial charge in [0.1, 0.15) is 0 Å². The van der Waals surface area contributed by atoms with Crippen molar-refractivity contribution in [3.8, 4) is 0 Å². The van der Waals surface area contributed by atoms with Gasteiger partial charge in [0.15, 0.2) is 0 Å². The molecule has 6 nitrogen and oxygen atoms in total. The van der Waals surface area contributed by atoms with E-state index in [4.69, 9.17) is 0 Å². The zero-order valence-electron chi connectivity index (χ0n) is 15.4. The number of carbonyl (C=O) groups is 2. The molecule has 0 saturated heterocycles. The van der Waals surface area contributed by atoms with E-state index in [0.29, 0.717) is 0 Å². The smallest absolute Gasteiger partial charge is 0.240 e. The van der Waals surface area contributed by atoms with E-state index in [1.807, 2.05) is 72.8 Å². The van der Waals surface area contributed by atoms with E-state index >= 15 is 0 Å². The molecule has 0 bridgehead atoms. The molecule has 142 valence electrons. The molecule has 6 heteroatoms. The van der Waals surface area contributed by atoms with Gasteiger partial charge in [-0.15, -0.1) is 0 Å². The summed E-state index contributed by atoms with van der Waals surface area (Å²) in [5.74, 6) is -0.681. The third-order valence-electron chi connectivity index (χ3n) is 3.46. The van der Waals surface area contributed by atoms with Gasteiger partial charge >= 0.3 is 0 Å². The number of hydrogen-bond acceptors (Lipinski definition) is 4. The minimum absolute atomic E-state index is 0.0287. The van der Waals surface area contributed by atoms with Gasteiger partial charge < -0.3 is 0 Å². The molecule has 0 radical (unpaired) electrons. The summed E-state index contributed by atoms with van der Waals surface area (Å²) in [6.07, 6.45) is 10.2. The van der Waals surface area contributed by atoms with Crippen LogP contribution in [-0.2, 0) is 9.59 Å². The summed E-state index contributed by atoms with van der Waals surface area (Å²) >= 11 is 0. The van der Waals surface area contributed by atoms with Crippen molar-refractivity contribution in [2.24, 2.45) is 10.2 Å². The van der Waals surface area contributed by atoms with Gasteiger partial charge in [0.2, 0.25) is 11.8 Å². The Labute approximate surface area is 164 Å². The Morgan fingerprint density at radius 1 is 0.679 bits per heavy atom. The highest BCUT2D eigenvalue weighted by Gasteiger charge is 2.04. The fourth-order valence-corrected chi connectivity index (χ4v) is 2.08. The van der Waals surface area contributed by atoms with Crippen molar-refractivity contribution in [2.45, 2.75) is 12.8 Å². The maximum absolute atomic E-state index is 11.6. The molecule has 2 N–H and O–H groups in total. The summed E-state index contributed by atoms with van der Waals surface area (Å²) in [6.45, 7) is 0. The number of allylic oxidation sites excluding steroid dienone is 2. The molecule has 2 aromatic rings. The van der Waals surface area contributed by atoms with Crippen molar-refractivity contribution in [3.05, 3.63) is 83.9 Å². The molecule has 0 aliphatic rings. The van der Waals surface area contributed by atoms with E-state index in [9.17, 15) is 9.59 Å². The number of benzene rings is 2. The lowest BCUT2D eigenvalue weighted by Crippen LogP contribution is -2.22. The molecule has 2 rings (SSSR count). The monoisotopic (exact) mass is 374 g/mol. The first-order valence-corrected chi connectivity index (χ1v) is 8.81. The fraction of sp³-hybridized carbons (Fsp3) is 0.0909. The minimum Gasteiger partial charge on any atom is -0.273 e. The summed E-state index contributed by atoms with van der Waals surface area (Å²) < 4.78 is 0. The van der Waals surface area contributed by atoms with Gasteiger partial charge in [0, 0.05) is 25.3 Å². The lowest BCUT2D eigenvalue weighted by molar-refractivity contribution is -0.126. The van der Waals surface area contributed by atoms with E-state index in [1.54, 1.807) is 12.2 Å². The Balaban J connectivity index is 1.59. The lowest BCUT2D eigenvalue weighted by atomic mass is 10.2. The number of nitrogens with one attached hydrogen (secondary N) is 2. The first-order valence-electron chi connectivity index (χ1n) is 8.81. The molecule has 0 aliphatic heterocycles. The standard InChI is InChI=1S/C22H22N4O2/c27-21(25-23-17-7-13-19-9-3-1-4-10-19)15-16-22(28)26-24-18-8-14-20-11-5-2-6-12-20/h1-14,17-18H,15-16H2,(H,25,27)(H,26,28)/b13-7+,14-8+,23-17-,24-18-. The van der Waals surface area contributed by atoms with Crippen molar-refractivity contribution in [1.29, 1.82) is 0 Å². The highest BCUT2D eigenvalue weighted by atomic mass is 16.2. The van der Waals surface area contributed by atoms with Crippen molar-refractivity contribution in [3.63, 3.8) is 0 Å². The molecule has 0 fully saturated rings. The Morgan fingerprint density at radius 3 is 1.46 bits per heavy atom. The van der Waals surface area contributed by atoms with E-state index in [1.165, 1.54) is 12.4 Å². The van der Waals surface area contributed by atoms with Gasteiger partial charge in [0.05, 0.1) is 0 Å². The quantitative estimate of drug-likeness (QED) is 0.521. The molecule has 2 aromatic carbocycles. The van der Waals surface area contributed by atoms with E-state index in [0.717, 1.165) is 11.1 Å². The lowest BCUT2D eigenvalue weighted by Gasteiger charge is -1.99. The van der Waals surface area contributed by atoms with Crippen molar-refractivity contribution in [1.82, 2.24) is 10.9 Å². The average Bonchev–Trinajstić information content (AvgIpc) is 2.73. The van der Waals surface area contributed by atoms with Crippen LogP contribution in [0.25, 0.3) is 12.2 Å². The summed E-state index contributed by atoms with van der Waals surface area (Å²) in [5, 5.41) is 7.60. The number of hydrogen-bond donors (Lipinski definition) is 2. The van der Waals surface area contributed by atoms with Crippen LogP contribution in [0.15, 0.2) is 83.0 Å². The SMILES string of the molecule is O=C(CCC(=O)N/N=C\C=C\c1ccccc1)N/N=C\C=C\c1ccccc1. The normalized spacial score (nSPS) is 11.6. The van der Waals surface area contributed by atoms with Crippen LogP contribution in [0.2, 0.25) is 0 Å². The summed E-state index contributed by atoms with van der Waals surface area (Å²) in [4.78, 5) is 23.3. The van der Waals surface area contributed by atoms with Crippen LogP contribution in [0.1, 0.15) is 24.0 Å². The second kappa shape index (κ2) is 12.5. The van der Waals surface area contributed by atoms with Gasteiger partial charge in [-0.3, -0.25) is 9.59 Å². The van der Waals surface area contributed by atoms with Crippen LogP contribution in [0, 0.1) is 0 Å². The van der Waals surface area contributed by atoms with Gasteiger partial charge in [-0.1, -0.05) is 72.8 Å². The summed E-state index contributed by atoms with van der Waals surface area (Å²) in [5.41, 5.74) is 6.81. The highest BCUT2D eigenvalue weighted by Crippen LogP contribution is 2.00. The highest BCUT2D eigenvalue weighted by molar-refractivity contribution is 5.86. The molecule has 2 amide bonds. The third-order valence-corrected chi connectivity index (χ3v) is 3.46. The molecular formula is C22H22N4O2. The van der Waals surface area contributed by atoms with Crippen LogP contribution < -0.4 is 10.9 Å². The average molecular weight is 374 g/mol. The maximum Gasteiger partial charge on any atom is 0.240 e. The molecular weight excluding hydrogens is 352 g/mol. The predicted molar refractivity (Wildman–Crippen MR) is 113 cm³/mol. The molecule has 0 saturated carbocycles. The second-order valence-corrected chi connectivity index (χ2v) is 5.67. The summed E-state index contributed by atoms with van der Waals surface area (Å²) in [7, 11) is 0. The molecule has 28 heavy (non-hydrogen) atoms. The minimum atomic E-state index is -0.340. The molecule has 0 heterocycles. The number of hydrazone groups is 2. The van der Waals surface area contributed by atoms with Gasteiger partial charge in [-0.25, -0.2) is 10.9 Å². The zero-order chi connectivity index (χ0) is 19.9. The van der Waals surface area contributed by atoms with Crippen LogP contribution in [-0.4, -0.2) is 24.2 Å². The molecule has 0 aromatic heterocycles. The number of carbonyl (C=O) groups excluding carboxylic acids is 2. The van der Waals surface area contributed by atoms with Crippen molar-refractivity contribution >= 4 is 36.4 Å². The Kier molecular flexibility index (Phi) is 9.18. The third kappa shape index (κ3) is 9.05. The fourth-order valence-electron chi connectivity index (χ4n) is 2.08. The molecule has 0 spiro atoms. The Bertz CT molecular complexity index is 783. The molecule has 0 unspecified atom stereocenters. The second-order valence-electron chi connectivity index (χ2n) is 5.67. The number of nitrogens with zero attached hydrogens (tertiary/aromatic N) is 2. The van der Waals surface area contributed by atoms with Gasteiger partial charge in [-0.2, -0.15) is 10.2 Å². The van der Waals surface area contributed by atoms with Crippen LogP contribution >= 0.6 is 0 Å². The van der Waals surface area contributed by atoms with Gasteiger partial charge in [-0.05, 0) is 23.3 Å². The zero-order valence-corrected chi connectivity index (χ0v) is 15.4. The van der Waals surface area contributed by atoms with Crippen LogP contribution in [0.3, 0.4) is 0 Å². The van der Waals surface area contributed by atoms with Gasteiger partial charge in [0.25, 0.3) is 0 Å². The maximum atomic E-state index is 11.6. The molecule has 0 atom stereocenters. The van der Waals surface area contributed by atoms with E-state index < -0.39 is 0 Å². The number of amides is 2. The number of rotatable bonds is 9. The Hall–Kier alpha value is -3.80. The van der Waals surface area contributed by atoms with E-state index in [-0.39, 0.29) is 24.7 Å². The first-order chi connectivity index (χ1) is 13.7. The summed E-state index contributed by atoms with van der Waals surface area (Å²) in [6, 6.07) is 19.5. The Morgan fingerprint density at radius 2 is 1.07 bits per heavy atom. The van der Waals surface area contributed by atoms with E-state index in [2.05, 4.69) is 21.1 Å². The van der Waals surface area contributed by atoms with Crippen molar-refractivity contribution in [2.75, 3.05) is 0 Å². The van der Waals surface area contributed by atoms with Crippen molar-refractivity contribution < 1.29 is 9.59 Å². The van der Waals surface area contributed by atoms with Crippen LogP contribution in [0.5, 0.6) is 0 Å². The predicted octanol–water partition coefficient (Wildman–Crippen LogP) is 3.40. The largest absolute Gasteiger partial charge is 0.273 e.